The number of rotatable bonds is 3. The fraction of sp³-hybridized carbons (Fsp3) is 0.500. The molecule has 0 amide bonds. The molecule has 0 aromatic carbocycles. The van der Waals surface area contributed by atoms with Crippen molar-refractivity contribution in [3.05, 3.63) is 23.8 Å². The van der Waals surface area contributed by atoms with Crippen LogP contribution in [0.4, 0.5) is 0 Å². The van der Waals surface area contributed by atoms with Crippen molar-refractivity contribution in [1.82, 2.24) is 0 Å². The molecule has 0 spiro atoms. The van der Waals surface area contributed by atoms with Crippen molar-refractivity contribution in [2.24, 2.45) is 5.92 Å². The van der Waals surface area contributed by atoms with Gasteiger partial charge in [-0.3, -0.25) is 0 Å². The third-order valence-electron chi connectivity index (χ3n) is 1.94. The Hall–Kier alpha value is -0.850. The molecule has 1 aliphatic rings. The highest BCUT2D eigenvalue weighted by Crippen LogP contribution is 2.18. The fourth-order valence-electron chi connectivity index (χ4n) is 1.18. The van der Waals surface area contributed by atoms with E-state index in [0.717, 1.165) is 19.1 Å². The van der Waals surface area contributed by atoms with Crippen molar-refractivity contribution >= 4 is 6.29 Å². The molecule has 0 fully saturated rings. The highest BCUT2D eigenvalue weighted by molar-refractivity contribution is 5.50. The Morgan fingerprint density at radius 1 is 1.73 bits per heavy atom. The molecule has 1 heteroatoms. The number of allylic oxidation sites excluding steroid dienone is 4. The van der Waals surface area contributed by atoms with E-state index in [1.807, 2.05) is 0 Å². The van der Waals surface area contributed by atoms with Crippen molar-refractivity contribution < 1.29 is 4.79 Å². The maximum Gasteiger partial charge on any atom is 0.120 e. The lowest BCUT2D eigenvalue weighted by molar-refractivity contribution is -0.107. The number of carbonyl (C=O) groups is 1. The molecule has 0 aliphatic heterocycles. The first-order chi connectivity index (χ1) is 5.33. The maximum atomic E-state index is 10.1. The van der Waals surface area contributed by atoms with Crippen LogP contribution in [0, 0.1) is 5.92 Å². The Kier molecular flexibility index (Phi) is 3.09. The maximum absolute atomic E-state index is 10.1. The molecule has 0 heterocycles. The number of aldehydes is 1. The molecule has 0 saturated carbocycles. The predicted molar refractivity (Wildman–Crippen MR) is 46.3 cm³/mol. The minimum Gasteiger partial charge on any atom is -0.303 e. The average Bonchev–Trinajstić information content (AvgIpc) is 2.04. The van der Waals surface area contributed by atoms with Gasteiger partial charge >= 0.3 is 0 Å². The second-order valence-electron chi connectivity index (χ2n) is 3.06. The summed E-state index contributed by atoms with van der Waals surface area (Å²) in [6, 6.07) is 0. The van der Waals surface area contributed by atoms with Crippen LogP contribution >= 0.6 is 0 Å². The molecule has 0 radical (unpaired) electrons. The lowest BCUT2D eigenvalue weighted by Gasteiger charge is -2.09. The van der Waals surface area contributed by atoms with Crippen LogP contribution in [0.3, 0.4) is 0 Å². The highest BCUT2D eigenvalue weighted by atomic mass is 16.1. The largest absolute Gasteiger partial charge is 0.303 e. The van der Waals surface area contributed by atoms with Gasteiger partial charge in [0.25, 0.3) is 0 Å². The summed E-state index contributed by atoms with van der Waals surface area (Å²) in [6.07, 6.45) is 10.3. The van der Waals surface area contributed by atoms with Crippen LogP contribution in [0.5, 0.6) is 0 Å². The molecule has 0 saturated heterocycles. The third kappa shape index (κ3) is 2.71. The Balaban J connectivity index is 2.37. The summed E-state index contributed by atoms with van der Waals surface area (Å²) < 4.78 is 0. The van der Waals surface area contributed by atoms with E-state index in [9.17, 15) is 4.79 Å². The molecule has 0 aromatic heterocycles. The third-order valence-corrected chi connectivity index (χ3v) is 1.94. The fourth-order valence-corrected chi connectivity index (χ4v) is 1.18. The second kappa shape index (κ2) is 4.12. The monoisotopic (exact) mass is 150 g/mol. The minimum absolute atomic E-state index is 0.657. The van der Waals surface area contributed by atoms with Gasteiger partial charge in [-0.05, 0) is 18.8 Å². The summed E-state index contributed by atoms with van der Waals surface area (Å²) in [7, 11) is 0. The molecule has 1 unspecified atom stereocenters. The Bertz CT molecular complexity index is 189. The lowest BCUT2D eigenvalue weighted by atomic mass is 9.96. The molecule has 60 valence electrons. The highest BCUT2D eigenvalue weighted by Gasteiger charge is 2.01. The summed E-state index contributed by atoms with van der Waals surface area (Å²) >= 11 is 0. The summed E-state index contributed by atoms with van der Waals surface area (Å²) in [6.45, 7) is 2.20. The molecular formula is C10H14O. The molecule has 1 rings (SSSR count). The Morgan fingerprint density at radius 3 is 3.09 bits per heavy atom. The Labute approximate surface area is 67.8 Å². The summed E-state index contributed by atoms with van der Waals surface area (Å²) in [4.78, 5) is 10.1. The summed E-state index contributed by atoms with van der Waals surface area (Å²) in [5.74, 6) is 0.676. The molecule has 1 nitrogen and oxygen atoms in total. The molecular weight excluding hydrogens is 136 g/mol. The van der Waals surface area contributed by atoms with Crippen LogP contribution in [0.15, 0.2) is 23.8 Å². The van der Waals surface area contributed by atoms with Crippen molar-refractivity contribution in [3.8, 4) is 0 Å². The second-order valence-corrected chi connectivity index (χ2v) is 3.06. The topological polar surface area (TPSA) is 17.1 Å². The van der Waals surface area contributed by atoms with Gasteiger partial charge in [0, 0.05) is 6.42 Å². The zero-order valence-corrected chi connectivity index (χ0v) is 6.92. The van der Waals surface area contributed by atoms with Gasteiger partial charge < -0.3 is 4.79 Å². The van der Waals surface area contributed by atoms with Crippen molar-refractivity contribution in [3.63, 3.8) is 0 Å². The van der Waals surface area contributed by atoms with E-state index >= 15 is 0 Å². The van der Waals surface area contributed by atoms with Gasteiger partial charge in [-0.25, -0.2) is 0 Å². The van der Waals surface area contributed by atoms with E-state index in [0.29, 0.717) is 12.3 Å². The van der Waals surface area contributed by atoms with Gasteiger partial charge in [0.05, 0.1) is 0 Å². The summed E-state index contributed by atoms with van der Waals surface area (Å²) in [5, 5.41) is 0. The van der Waals surface area contributed by atoms with Crippen molar-refractivity contribution in [2.45, 2.75) is 26.2 Å². The summed E-state index contributed by atoms with van der Waals surface area (Å²) in [5.41, 5.74) is 1.32. The Morgan fingerprint density at radius 2 is 2.55 bits per heavy atom. The average molecular weight is 150 g/mol. The van der Waals surface area contributed by atoms with Gasteiger partial charge in [-0.2, -0.15) is 0 Å². The van der Waals surface area contributed by atoms with E-state index in [1.165, 1.54) is 5.57 Å². The first-order valence-corrected chi connectivity index (χ1v) is 4.14. The lowest BCUT2D eigenvalue weighted by Crippen LogP contribution is -1.94. The number of hydrogen-bond donors (Lipinski definition) is 0. The smallest absolute Gasteiger partial charge is 0.120 e. The molecule has 0 aromatic rings. The van der Waals surface area contributed by atoms with Gasteiger partial charge in [-0.1, -0.05) is 30.7 Å². The van der Waals surface area contributed by atoms with E-state index < -0.39 is 0 Å². The van der Waals surface area contributed by atoms with Gasteiger partial charge in [-0.15, -0.1) is 0 Å². The van der Waals surface area contributed by atoms with E-state index in [4.69, 9.17) is 0 Å². The van der Waals surface area contributed by atoms with Crippen LogP contribution < -0.4 is 0 Å². The molecule has 1 aliphatic carbocycles. The van der Waals surface area contributed by atoms with E-state index in [-0.39, 0.29) is 0 Å². The van der Waals surface area contributed by atoms with Crippen LogP contribution in [0.25, 0.3) is 0 Å². The SMILES string of the molecule is CC1C=CC(CCC=O)=CC1. The molecule has 0 N–H and O–H groups in total. The zero-order valence-electron chi connectivity index (χ0n) is 6.92. The van der Waals surface area contributed by atoms with Gasteiger partial charge in [0.2, 0.25) is 0 Å². The van der Waals surface area contributed by atoms with E-state index in [1.54, 1.807) is 0 Å². The molecule has 11 heavy (non-hydrogen) atoms. The number of hydrogen-bond acceptors (Lipinski definition) is 1. The standard InChI is InChI=1S/C10H14O/c1-9-4-6-10(7-5-9)3-2-8-11/h4,6-9H,2-3,5H2,1H3. The number of carbonyl (C=O) groups excluding carboxylic acids is 1. The van der Waals surface area contributed by atoms with Gasteiger partial charge in [0.15, 0.2) is 0 Å². The van der Waals surface area contributed by atoms with E-state index in [2.05, 4.69) is 25.2 Å². The predicted octanol–water partition coefficient (Wildman–Crippen LogP) is 2.49. The molecule has 0 bridgehead atoms. The van der Waals surface area contributed by atoms with Crippen molar-refractivity contribution in [1.29, 1.82) is 0 Å². The minimum atomic E-state index is 0.657. The van der Waals surface area contributed by atoms with Crippen LogP contribution in [-0.2, 0) is 4.79 Å². The van der Waals surface area contributed by atoms with Crippen molar-refractivity contribution in [2.75, 3.05) is 0 Å². The van der Waals surface area contributed by atoms with Crippen LogP contribution in [0.2, 0.25) is 0 Å². The normalized spacial score (nSPS) is 23.0. The van der Waals surface area contributed by atoms with Gasteiger partial charge in [0.1, 0.15) is 6.29 Å². The zero-order chi connectivity index (χ0) is 8.10. The quantitative estimate of drug-likeness (QED) is 0.565. The van der Waals surface area contributed by atoms with Crippen LogP contribution in [-0.4, -0.2) is 6.29 Å². The first kappa shape index (κ1) is 8.25. The first-order valence-electron chi connectivity index (χ1n) is 4.14. The van der Waals surface area contributed by atoms with Crippen LogP contribution in [0.1, 0.15) is 26.2 Å². The molecule has 1 atom stereocenters.